The van der Waals surface area contributed by atoms with E-state index in [0.717, 1.165) is 35.5 Å². The Morgan fingerprint density at radius 3 is 3.00 bits per heavy atom. The van der Waals surface area contributed by atoms with Crippen molar-refractivity contribution in [3.8, 4) is 5.75 Å². The molecule has 0 aliphatic carbocycles. The number of ether oxygens (including phenoxy) is 2. The number of hydrogen-bond acceptors (Lipinski definition) is 3. The molecule has 1 heterocycles. The molecule has 0 amide bonds. The van der Waals surface area contributed by atoms with Crippen molar-refractivity contribution in [2.75, 3.05) is 25.6 Å². The predicted octanol–water partition coefficient (Wildman–Crippen LogP) is 4.18. The topological polar surface area (TPSA) is 30.5 Å². The van der Waals surface area contributed by atoms with Crippen LogP contribution in [0.25, 0.3) is 0 Å². The molecule has 21 heavy (non-hydrogen) atoms. The number of methoxy groups -OCH3 is 1. The van der Waals surface area contributed by atoms with Gasteiger partial charge < -0.3 is 14.8 Å². The summed E-state index contributed by atoms with van der Waals surface area (Å²) in [5, 5.41) is 3.43. The number of anilines is 1. The third-order valence-electron chi connectivity index (χ3n) is 3.74. The van der Waals surface area contributed by atoms with E-state index in [2.05, 4.69) is 45.5 Å². The zero-order valence-corrected chi connectivity index (χ0v) is 13.5. The van der Waals surface area contributed by atoms with E-state index in [9.17, 15) is 0 Å². The first-order valence-electron chi connectivity index (χ1n) is 7.05. The molecule has 1 aliphatic rings. The Kier molecular flexibility index (Phi) is 4.46. The van der Waals surface area contributed by atoms with Crippen LogP contribution in [-0.2, 0) is 11.2 Å². The fraction of sp³-hybridized carbons (Fsp3) is 0.294. The van der Waals surface area contributed by atoms with Crippen LogP contribution in [0, 0.1) is 0 Å². The highest BCUT2D eigenvalue weighted by Crippen LogP contribution is 2.30. The maximum absolute atomic E-state index is 5.90. The van der Waals surface area contributed by atoms with Gasteiger partial charge in [-0.25, -0.2) is 0 Å². The average molecular weight is 348 g/mol. The third kappa shape index (κ3) is 3.22. The lowest BCUT2D eigenvalue weighted by Crippen LogP contribution is -2.22. The monoisotopic (exact) mass is 347 g/mol. The van der Waals surface area contributed by atoms with Gasteiger partial charge >= 0.3 is 0 Å². The Labute approximate surface area is 133 Å². The quantitative estimate of drug-likeness (QED) is 0.899. The number of fused-ring (bicyclic) bond motifs is 1. The van der Waals surface area contributed by atoms with Crippen LogP contribution in [0.4, 0.5) is 5.69 Å². The molecular weight excluding hydrogens is 330 g/mol. The molecular formula is C17H18BrNO2. The van der Waals surface area contributed by atoms with Crippen LogP contribution >= 0.6 is 15.9 Å². The van der Waals surface area contributed by atoms with Crippen molar-refractivity contribution in [3.63, 3.8) is 0 Å². The van der Waals surface area contributed by atoms with Crippen LogP contribution in [0.15, 0.2) is 46.9 Å². The molecule has 0 saturated carbocycles. The van der Waals surface area contributed by atoms with Crippen LogP contribution in [0.3, 0.4) is 0 Å². The summed E-state index contributed by atoms with van der Waals surface area (Å²) in [5.41, 5.74) is 3.71. The summed E-state index contributed by atoms with van der Waals surface area (Å²) < 4.78 is 12.2. The molecule has 1 aliphatic heterocycles. The zero-order valence-electron chi connectivity index (χ0n) is 11.9. The van der Waals surface area contributed by atoms with E-state index >= 15 is 0 Å². The molecule has 1 unspecified atom stereocenters. The van der Waals surface area contributed by atoms with Gasteiger partial charge in [0.15, 0.2) is 0 Å². The van der Waals surface area contributed by atoms with Crippen molar-refractivity contribution in [3.05, 3.63) is 58.1 Å². The third-order valence-corrected chi connectivity index (χ3v) is 4.39. The normalized spacial score (nSPS) is 17.1. The number of nitrogens with one attached hydrogen (secondary N) is 1. The Hall–Kier alpha value is -1.52. The second-order valence-electron chi connectivity index (χ2n) is 5.04. The minimum absolute atomic E-state index is 0.101. The molecule has 4 heteroatoms. The van der Waals surface area contributed by atoms with Crippen LogP contribution < -0.4 is 10.1 Å². The number of halogens is 1. The maximum Gasteiger partial charge on any atom is 0.135 e. The lowest BCUT2D eigenvalue weighted by atomic mass is 9.97. The SMILES string of the molecule is COc1cc(NCC2OCCc3ccccc32)ccc1Br. The molecule has 2 aromatic rings. The van der Waals surface area contributed by atoms with Gasteiger partial charge in [-0.15, -0.1) is 0 Å². The lowest BCUT2D eigenvalue weighted by Gasteiger charge is -2.26. The largest absolute Gasteiger partial charge is 0.495 e. The van der Waals surface area contributed by atoms with E-state index in [1.165, 1.54) is 11.1 Å². The van der Waals surface area contributed by atoms with Gasteiger partial charge in [-0.3, -0.25) is 0 Å². The van der Waals surface area contributed by atoms with Crippen molar-refractivity contribution < 1.29 is 9.47 Å². The van der Waals surface area contributed by atoms with Gasteiger partial charge in [0, 0.05) is 18.3 Å². The summed E-state index contributed by atoms with van der Waals surface area (Å²) in [5.74, 6) is 0.824. The minimum atomic E-state index is 0.101. The molecule has 1 N–H and O–H groups in total. The molecule has 0 radical (unpaired) electrons. The predicted molar refractivity (Wildman–Crippen MR) is 88.0 cm³/mol. The molecule has 0 saturated heterocycles. The van der Waals surface area contributed by atoms with Gasteiger partial charge in [-0.2, -0.15) is 0 Å². The standard InChI is InChI=1S/C17H18BrNO2/c1-20-16-10-13(6-7-15(16)18)19-11-17-14-5-3-2-4-12(14)8-9-21-17/h2-7,10,17,19H,8-9,11H2,1H3. The van der Waals surface area contributed by atoms with E-state index in [1.54, 1.807) is 7.11 Å². The molecule has 110 valence electrons. The highest BCUT2D eigenvalue weighted by atomic mass is 79.9. The van der Waals surface area contributed by atoms with Crippen molar-refractivity contribution in [1.82, 2.24) is 0 Å². The van der Waals surface area contributed by atoms with E-state index in [-0.39, 0.29) is 6.10 Å². The molecule has 1 atom stereocenters. The molecule has 0 spiro atoms. The van der Waals surface area contributed by atoms with Crippen molar-refractivity contribution in [2.45, 2.75) is 12.5 Å². The summed E-state index contributed by atoms with van der Waals surface area (Å²) >= 11 is 3.46. The molecule has 2 aromatic carbocycles. The fourth-order valence-electron chi connectivity index (χ4n) is 2.63. The first-order chi connectivity index (χ1) is 10.3. The van der Waals surface area contributed by atoms with Crippen LogP contribution in [0.2, 0.25) is 0 Å². The van der Waals surface area contributed by atoms with Crippen LogP contribution in [-0.4, -0.2) is 20.3 Å². The van der Waals surface area contributed by atoms with Gasteiger partial charge in [0.2, 0.25) is 0 Å². The molecule has 0 fully saturated rings. The summed E-state index contributed by atoms with van der Waals surface area (Å²) in [6.45, 7) is 1.54. The van der Waals surface area contributed by atoms with E-state index in [0.29, 0.717) is 0 Å². The fourth-order valence-corrected chi connectivity index (χ4v) is 3.03. The Morgan fingerprint density at radius 1 is 1.29 bits per heavy atom. The minimum Gasteiger partial charge on any atom is -0.495 e. The summed E-state index contributed by atoms with van der Waals surface area (Å²) in [4.78, 5) is 0. The van der Waals surface area contributed by atoms with Crippen LogP contribution in [0.1, 0.15) is 17.2 Å². The van der Waals surface area contributed by atoms with Crippen LogP contribution in [0.5, 0.6) is 5.75 Å². The zero-order chi connectivity index (χ0) is 14.7. The van der Waals surface area contributed by atoms with Gasteiger partial charge in [0.25, 0.3) is 0 Å². The highest BCUT2D eigenvalue weighted by molar-refractivity contribution is 9.10. The highest BCUT2D eigenvalue weighted by Gasteiger charge is 2.20. The number of benzene rings is 2. The number of rotatable bonds is 4. The van der Waals surface area contributed by atoms with Gasteiger partial charge in [-0.05, 0) is 45.6 Å². The van der Waals surface area contributed by atoms with Crippen molar-refractivity contribution in [1.29, 1.82) is 0 Å². The van der Waals surface area contributed by atoms with Gasteiger partial charge in [0.05, 0.1) is 24.3 Å². The summed E-state index contributed by atoms with van der Waals surface area (Å²) in [6.07, 6.45) is 1.10. The molecule has 3 rings (SSSR count). The van der Waals surface area contributed by atoms with Gasteiger partial charge in [0.1, 0.15) is 5.75 Å². The lowest BCUT2D eigenvalue weighted by molar-refractivity contribution is 0.0513. The van der Waals surface area contributed by atoms with E-state index < -0.39 is 0 Å². The summed E-state index contributed by atoms with van der Waals surface area (Å²) in [6, 6.07) is 14.5. The van der Waals surface area contributed by atoms with Crippen molar-refractivity contribution >= 4 is 21.6 Å². The average Bonchev–Trinajstić information content (AvgIpc) is 2.54. The second-order valence-corrected chi connectivity index (χ2v) is 5.89. The molecule has 3 nitrogen and oxygen atoms in total. The maximum atomic E-state index is 5.90. The first kappa shape index (κ1) is 14.4. The molecule has 0 aromatic heterocycles. The first-order valence-corrected chi connectivity index (χ1v) is 7.84. The van der Waals surface area contributed by atoms with Crippen molar-refractivity contribution in [2.24, 2.45) is 0 Å². The van der Waals surface area contributed by atoms with E-state index in [4.69, 9.17) is 9.47 Å². The molecule has 0 bridgehead atoms. The van der Waals surface area contributed by atoms with E-state index in [1.807, 2.05) is 18.2 Å². The number of hydrogen-bond donors (Lipinski definition) is 1. The Bertz CT molecular complexity index is 630. The smallest absolute Gasteiger partial charge is 0.135 e. The van der Waals surface area contributed by atoms with Gasteiger partial charge in [-0.1, -0.05) is 24.3 Å². The Morgan fingerprint density at radius 2 is 2.14 bits per heavy atom. The summed E-state index contributed by atoms with van der Waals surface area (Å²) in [7, 11) is 1.67. The second kappa shape index (κ2) is 6.50. The Balaban J connectivity index is 1.71.